The van der Waals surface area contributed by atoms with Crippen LogP contribution in [0.3, 0.4) is 0 Å². The molecule has 5 atom stereocenters. The van der Waals surface area contributed by atoms with Gasteiger partial charge in [-0.3, -0.25) is 4.90 Å². The van der Waals surface area contributed by atoms with E-state index in [0.29, 0.717) is 6.10 Å². The Balaban J connectivity index is 1.41. The van der Waals surface area contributed by atoms with Crippen LogP contribution in [0.2, 0.25) is 0 Å². The van der Waals surface area contributed by atoms with Crippen LogP contribution in [0.1, 0.15) is 44.9 Å². The number of hydrogen-bond acceptors (Lipinski definition) is 3. The van der Waals surface area contributed by atoms with Gasteiger partial charge in [-0.1, -0.05) is 19.3 Å². The molecule has 19 heavy (non-hydrogen) atoms. The van der Waals surface area contributed by atoms with Crippen LogP contribution in [-0.4, -0.2) is 49.3 Å². The maximum atomic E-state index is 6.00. The first-order valence-corrected chi connectivity index (χ1v) is 8.51. The number of ether oxygens (including phenoxy) is 1. The summed E-state index contributed by atoms with van der Waals surface area (Å²) in [7, 11) is 0. The van der Waals surface area contributed by atoms with Gasteiger partial charge in [0.05, 0.1) is 12.7 Å². The van der Waals surface area contributed by atoms with E-state index in [9.17, 15) is 0 Å². The summed E-state index contributed by atoms with van der Waals surface area (Å²) in [5.74, 6) is 1.97. The fourth-order valence-electron chi connectivity index (χ4n) is 5.16. The average molecular weight is 264 g/mol. The Kier molecular flexibility index (Phi) is 3.55. The zero-order valence-electron chi connectivity index (χ0n) is 12.0. The van der Waals surface area contributed by atoms with Crippen molar-refractivity contribution in [3.8, 4) is 0 Å². The van der Waals surface area contributed by atoms with Crippen LogP contribution in [0, 0.1) is 11.8 Å². The summed E-state index contributed by atoms with van der Waals surface area (Å²) in [5, 5.41) is 3.82. The molecular formula is C16H28N2O. The summed E-state index contributed by atoms with van der Waals surface area (Å²) < 4.78 is 6.00. The second-order valence-corrected chi connectivity index (χ2v) is 7.13. The summed E-state index contributed by atoms with van der Waals surface area (Å²) in [5.41, 5.74) is 0. The van der Waals surface area contributed by atoms with Crippen LogP contribution in [0.25, 0.3) is 0 Å². The molecule has 2 aliphatic heterocycles. The summed E-state index contributed by atoms with van der Waals surface area (Å²) in [6.07, 6.45) is 10.4. The zero-order valence-corrected chi connectivity index (χ0v) is 12.0. The maximum absolute atomic E-state index is 6.00. The number of hydrogen-bond donors (Lipinski definition) is 1. The van der Waals surface area contributed by atoms with Gasteiger partial charge in [0.1, 0.15) is 0 Å². The van der Waals surface area contributed by atoms with Gasteiger partial charge in [0, 0.05) is 25.2 Å². The molecule has 0 spiro atoms. The van der Waals surface area contributed by atoms with Crippen LogP contribution in [-0.2, 0) is 4.74 Å². The Morgan fingerprint density at radius 3 is 3.00 bits per heavy atom. The predicted molar refractivity (Wildman–Crippen MR) is 76.2 cm³/mol. The van der Waals surface area contributed by atoms with Crippen molar-refractivity contribution in [2.75, 3.05) is 26.2 Å². The molecule has 2 saturated heterocycles. The molecule has 2 saturated carbocycles. The number of nitrogens with one attached hydrogen (secondary N) is 1. The number of morpholine rings is 1. The molecular weight excluding hydrogens is 236 g/mol. The van der Waals surface area contributed by atoms with E-state index in [1.54, 1.807) is 0 Å². The zero-order chi connectivity index (χ0) is 12.7. The topological polar surface area (TPSA) is 24.5 Å². The Morgan fingerprint density at radius 2 is 2.00 bits per heavy atom. The fraction of sp³-hybridized carbons (Fsp3) is 1.00. The highest BCUT2D eigenvalue weighted by molar-refractivity contribution is 4.97. The van der Waals surface area contributed by atoms with E-state index in [-0.39, 0.29) is 0 Å². The van der Waals surface area contributed by atoms with E-state index >= 15 is 0 Å². The molecule has 1 N–H and O–H groups in total. The second kappa shape index (κ2) is 5.34. The summed E-state index contributed by atoms with van der Waals surface area (Å²) in [6, 6.07) is 1.50. The molecule has 3 nitrogen and oxygen atoms in total. The van der Waals surface area contributed by atoms with E-state index in [2.05, 4.69) is 10.2 Å². The molecule has 0 radical (unpaired) electrons. The lowest BCUT2D eigenvalue weighted by molar-refractivity contribution is -0.0908. The summed E-state index contributed by atoms with van der Waals surface area (Å²) in [4.78, 5) is 2.77. The minimum Gasteiger partial charge on any atom is -0.375 e. The van der Waals surface area contributed by atoms with Gasteiger partial charge in [-0.05, 0) is 44.1 Å². The Bertz CT molecular complexity index is 320. The Hall–Kier alpha value is -0.120. The molecule has 0 bridgehead atoms. The third-order valence-electron chi connectivity index (χ3n) is 6.16. The first-order chi connectivity index (χ1) is 9.42. The molecule has 3 heteroatoms. The van der Waals surface area contributed by atoms with Crippen LogP contribution in [0.15, 0.2) is 0 Å². The normalized spacial score (nSPS) is 47.1. The van der Waals surface area contributed by atoms with Gasteiger partial charge in [0.15, 0.2) is 0 Å². The maximum Gasteiger partial charge on any atom is 0.0730 e. The number of fused-ring (bicyclic) bond motifs is 2. The molecule has 2 aliphatic carbocycles. The van der Waals surface area contributed by atoms with E-state index in [0.717, 1.165) is 37.1 Å². The van der Waals surface area contributed by atoms with Gasteiger partial charge in [-0.25, -0.2) is 0 Å². The van der Waals surface area contributed by atoms with E-state index in [1.807, 2.05) is 0 Å². The SMILES string of the molecule is C1CCC2C(C1)OCCN2CC1NCC2CCCC21. The summed E-state index contributed by atoms with van der Waals surface area (Å²) in [6.45, 7) is 4.69. The van der Waals surface area contributed by atoms with Gasteiger partial charge < -0.3 is 10.1 Å². The number of rotatable bonds is 2. The third-order valence-corrected chi connectivity index (χ3v) is 6.16. The van der Waals surface area contributed by atoms with Gasteiger partial charge in [-0.2, -0.15) is 0 Å². The minimum atomic E-state index is 0.545. The van der Waals surface area contributed by atoms with Crippen molar-refractivity contribution in [1.29, 1.82) is 0 Å². The quantitative estimate of drug-likeness (QED) is 0.826. The van der Waals surface area contributed by atoms with Gasteiger partial charge >= 0.3 is 0 Å². The molecule has 4 rings (SSSR count). The highest BCUT2D eigenvalue weighted by atomic mass is 16.5. The molecule has 108 valence electrons. The molecule has 0 aromatic heterocycles. The average Bonchev–Trinajstić information content (AvgIpc) is 3.04. The number of nitrogens with zero attached hydrogens (tertiary/aromatic N) is 1. The van der Waals surface area contributed by atoms with E-state index in [4.69, 9.17) is 4.74 Å². The summed E-state index contributed by atoms with van der Waals surface area (Å²) >= 11 is 0. The third kappa shape index (κ3) is 2.34. The van der Waals surface area contributed by atoms with Gasteiger partial charge in [-0.15, -0.1) is 0 Å². The van der Waals surface area contributed by atoms with Crippen molar-refractivity contribution >= 4 is 0 Å². The largest absolute Gasteiger partial charge is 0.375 e. The molecule has 0 amide bonds. The molecule has 4 aliphatic rings. The van der Waals surface area contributed by atoms with Gasteiger partial charge in [0.25, 0.3) is 0 Å². The van der Waals surface area contributed by atoms with Crippen molar-refractivity contribution in [3.63, 3.8) is 0 Å². The van der Waals surface area contributed by atoms with Crippen LogP contribution < -0.4 is 5.32 Å². The smallest absolute Gasteiger partial charge is 0.0730 e. The first kappa shape index (κ1) is 12.6. The van der Waals surface area contributed by atoms with Crippen LogP contribution in [0.4, 0.5) is 0 Å². The Labute approximate surface area is 117 Å². The van der Waals surface area contributed by atoms with Gasteiger partial charge in [0.2, 0.25) is 0 Å². The molecule has 5 unspecified atom stereocenters. The van der Waals surface area contributed by atoms with E-state index < -0.39 is 0 Å². The first-order valence-electron chi connectivity index (χ1n) is 8.51. The lowest BCUT2D eigenvalue weighted by Gasteiger charge is -2.45. The standard InChI is InChI=1S/C16H28N2O/c1-2-7-16-15(6-1)18(8-9-19-16)11-14-13-5-3-4-12(13)10-17-14/h12-17H,1-11H2. The lowest BCUT2D eigenvalue weighted by atomic mass is 9.88. The van der Waals surface area contributed by atoms with E-state index in [1.165, 1.54) is 58.0 Å². The monoisotopic (exact) mass is 264 g/mol. The molecule has 0 aromatic carbocycles. The van der Waals surface area contributed by atoms with Crippen molar-refractivity contribution in [1.82, 2.24) is 10.2 Å². The van der Waals surface area contributed by atoms with Crippen LogP contribution >= 0.6 is 0 Å². The van der Waals surface area contributed by atoms with Crippen molar-refractivity contribution in [3.05, 3.63) is 0 Å². The molecule has 4 fully saturated rings. The molecule has 2 heterocycles. The van der Waals surface area contributed by atoms with Crippen molar-refractivity contribution in [2.45, 2.75) is 63.1 Å². The highest BCUT2D eigenvalue weighted by Gasteiger charge is 2.42. The minimum absolute atomic E-state index is 0.545. The molecule has 0 aromatic rings. The Morgan fingerprint density at radius 1 is 1.05 bits per heavy atom. The van der Waals surface area contributed by atoms with Crippen molar-refractivity contribution < 1.29 is 4.74 Å². The highest BCUT2D eigenvalue weighted by Crippen LogP contribution is 2.38. The van der Waals surface area contributed by atoms with Crippen molar-refractivity contribution in [2.24, 2.45) is 11.8 Å². The predicted octanol–water partition coefficient (Wildman–Crippen LogP) is 2.02. The van der Waals surface area contributed by atoms with Crippen LogP contribution in [0.5, 0.6) is 0 Å². The lowest BCUT2D eigenvalue weighted by Crippen LogP contribution is -2.56. The second-order valence-electron chi connectivity index (χ2n) is 7.13. The fourth-order valence-corrected chi connectivity index (χ4v) is 5.16.